The Hall–Kier alpha value is -2.93. The lowest BCUT2D eigenvalue weighted by atomic mass is 9.72. The molecule has 0 atom stereocenters. The van der Waals surface area contributed by atoms with Crippen LogP contribution in [0.4, 0.5) is 5.82 Å². The van der Waals surface area contributed by atoms with Crippen molar-refractivity contribution in [1.82, 2.24) is 25.5 Å². The molecule has 7 heteroatoms. The third-order valence-corrected chi connectivity index (χ3v) is 5.46. The quantitative estimate of drug-likeness (QED) is 0.846. The van der Waals surface area contributed by atoms with E-state index in [9.17, 15) is 4.79 Å². The minimum Gasteiger partial charge on any atom is -0.375 e. The zero-order valence-corrected chi connectivity index (χ0v) is 15.1. The second-order valence-electron chi connectivity index (χ2n) is 7.61. The van der Waals surface area contributed by atoms with Crippen LogP contribution < -0.4 is 15.5 Å². The van der Waals surface area contributed by atoms with E-state index in [0.29, 0.717) is 0 Å². The third-order valence-electron chi connectivity index (χ3n) is 5.46. The Morgan fingerprint density at radius 1 is 1.11 bits per heavy atom. The first kappa shape index (κ1) is 16.3. The monoisotopic (exact) mass is 362 g/mol. The first-order valence-corrected chi connectivity index (χ1v) is 9.28. The van der Waals surface area contributed by atoms with Crippen LogP contribution >= 0.6 is 0 Å². The van der Waals surface area contributed by atoms with Crippen molar-refractivity contribution in [3.05, 3.63) is 59.7 Å². The summed E-state index contributed by atoms with van der Waals surface area (Å²) in [4.78, 5) is 25.7. The van der Waals surface area contributed by atoms with Gasteiger partial charge in [0.15, 0.2) is 5.82 Å². The lowest BCUT2D eigenvalue weighted by molar-refractivity contribution is -0.0107. The Labute approximate surface area is 158 Å². The number of anilines is 1. The molecular weight excluding hydrogens is 340 g/mol. The SMILES string of the molecule is O=C(c1ccccc1)N1CC2(C1)CN(c1ccnc(/C=C3/CNCN3)n1)C2. The summed E-state index contributed by atoms with van der Waals surface area (Å²) < 4.78 is 0. The van der Waals surface area contributed by atoms with Crippen molar-refractivity contribution in [2.45, 2.75) is 0 Å². The summed E-state index contributed by atoms with van der Waals surface area (Å²) in [5.74, 6) is 1.82. The molecule has 0 bridgehead atoms. The third kappa shape index (κ3) is 3.04. The molecule has 1 aromatic carbocycles. The molecule has 1 aromatic heterocycles. The molecule has 0 aliphatic carbocycles. The number of hydrogen-bond donors (Lipinski definition) is 2. The molecule has 5 rings (SSSR count). The van der Waals surface area contributed by atoms with Crippen LogP contribution in [0.15, 0.2) is 48.3 Å². The van der Waals surface area contributed by atoms with Crippen molar-refractivity contribution in [3.8, 4) is 0 Å². The molecule has 0 radical (unpaired) electrons. The van der Waals surface area contributed by atoms with Gasteiger partial charge in [-0.3, -0.25) is 10.1 Å². The molecule has 7 nitrogen and oxygen atoms in total. The van der Waals surface area contributed by atoms with Crippen molar-refractivity contribution >= 4 is 17.8 Å². The van der Waals surface area contributed by atoms with Gasteiger partial charge in [0.05, 0.1) is 6.67 Å². The maximum Gasteiger partial charge on any atom is 0.253 e. The lowest BCUT2D eigenvalue weighted by Gasteiger charge is -2.60. The van der Waals surface area contributed by atoms with Gasteiger partial charge in [-0.05, 0) is 18.2 Å². The van der Waals surface area contributed by atoms with E-state index in [1.165, 1.54) is 0 Å². The minimum absolute atomic E-state index is 0.133. The maximum absolute atomic E-state index is 12.5. The van der Waals surface area contributed by atoms with E-state index < -0.39 is 0 Å². The van der Waals surface area contributed by atoms with E-state index in [1.807, 2.05) is 53.6 Å². The zero-order chi connectivity index (χ0) is 18.3. The fourth-order valence-corrected chi connectivity index (χ4v) is 4.10. The summed E-state index contributed by atoms with van der Waals surface area (Å²) in [5.41, 5.74) is 2.11. The number of amides is 1. The van der Waals surface area contributed by atoms with Crippen LogP contribution in [0.1, 0.15) is 16.2 Å². The van der Waals surface area contributed by atoms with Crippen LogP contribution in [-0.2, 0) is 0 Å². The van der Waals surface area contributed by atoms with E-state index in [2.05, 4.69) is 25.5 Å². The Morgan fingerprint density at radius 2 is 1.93 bits per heavy atom. The Balaban J connectivity index is 1.20. The van der Waals surface area contributed by atoms with Crippen LogP contribution in [0.2, 0.25) is 0 Å². The van der Waals surface area contributed by atoms with Gasteiger partial charge in [-0.25, -0.2) is 9.97 Å². The fourth-order valence-electron chi connectivity index (χ4n) is 4.10. The molecule has 3 aliphatic rings. The van der Waals surface area contributed by atoms with Crippen LogP contribution in [0, 0.1) is 5.41 Å². The van der Waals surface area contributed by atoms with E-state index in [-0.39, 0.29) is 11.3 Å². The standard InChI is InChI=1S/C20H22N6O/c27-19(15-4-2-1-3-5-15)26-12-20(13-26)10-25(11-20)18-6-7-22-17(24-18)8-16-9-21-14-23-16/h1-8,21,23H,9-14H2/b16-8-. The molecular formula is C20H22N6O. The fraction of sp³-hybridized carbons (Fsp3) is 0.350. The molecule has 1 spiro atoms. The largest absolute Gasteiger partial charge is 0.375 e. The predicted octanol–water partition coefficient (Wildman–Crippen LogP) is 0.930. The molecule has 3 saturated heterocycles. The normalized spacial score (nSPS) is 21.7. The van der Waals surface area contributed by atoms with Crippen molar-refractivity contribution in [1.29, 1.82) is 0 Å². The summed E-state index contributed by atoms with van der Waals surface area (Å²) in [6, 6.07) is 11.5. The van der Waals surface area contributed by atoms with Gasteiger partial charge in [-0.15, -0.1) is 0 Å². The number of carbonyl (C=O) groups is 1. The number of benzene rings is 1. The van der Waals surface area contributed by atoms with Crippen molar-refractivity contribution in [2.75, 3.05) is 44.3 Å². The molecule has 2 aromatic rings. The van der Waals surface area contributed by atoms with Gasteiger partial charge in [0.25, 0.3) is 5.91 Å². The molecule has 3 fully saturated rings. The average Bonchev–Trinajstić information content (AvgIpc) is 3.13. The van der Waals surface area contributed by atoms with Crippen LogP contribution in [0.5, 0.6) is 0 Å². The summed E-state index contributed by atoms with van der Waals surface area (Å²) in [5, 5.41) is 6.49. The highest BCUT2D eigenvalue weighted by atomic mass is 16.2. The van der Waals surface area contributed by atoms with E-state index in [4.69, 9.17) is 0 Å². The molecule has 27 heavy (non-hydrogen) atoms. The average molecular weight is 362 g/mol. The molecule has 2 N–H and O–H groups in total. The predicted molar refractivity (Wildman–Crippen MR) is 103 cm³/mol. The summed E-state index contributed by atoms with van der Waals surface area (Å²) >= 11 is 0. The highest BCUT2D eigenvalue weighted by Crippen LogP contribution is 2.41. The first-order valence-electron chi connectivity index (χ1n) is 9.28. The Bertz CT molecular complexity index is 874. The van der Waals surface area contributed by atoms with Crippen LogP contribution in [0.3, 0.4) is 0 Å². The number of carbonyl (C=O) groups excluding carboxylic acids is 1. The van der Waals surface area contributed by atoms with Crippen molar-refractivity contribution in [3.63, 3.8) is 0 Å². The number of hydrogen-bond acceptors (Lipinski definition) is 6. The lowest BCUT2D eigenvalue weighted by Crippen LogP contribution is -2.73. The second kappa shape index (κ2) is 6.35. The molecule has 3 aliphatic heterocycles. The highest BCUT2D eigenvalue weighted by molar-refractivity contribution is 5.94. The second-order valence-corrected chi connectivity index (χ2v) is 7.61. The number of nitrogens with one attached hydrogen (secondary N) is 2. The van der Waals surface area contributed by atoms with Gasteiger partial charge in [0.2, 0.25) is 0 Å². The van der Waals surface area contributed by atoms with Crippen LogP contribution in [-0.4, -0.2) is 60.2 Å². The van der Waals surface area contributed by atoms with Gasteiger partial charge >= 0.3 is 0 Å². The molecule has 0 saturated carbocycles. The van der Waals surface area contributed by atoms with Crippen molar-refractivity contribution < 1.29 is 4.79 Å². The molecule has 1 amide bonds. The highest BCUT2D eigenvalue weighted by Gasteiger charge is 2.53. The summed E-state index contributed by atoms with van der Waals surface area (Å²) in [7, 11) is 0. The summed E-state index contributed by atoms with van der Waals surface area (Å²) in [6.07, 6.45) is 3.80. The van der Waals surface area contributed by atoms with Gasteiger partial charge in [0.1, 0.15) is 5.82 Å². The summed E-state index contributed by atoms with van der Waals surface area (Å²) in [6.45, 7) is 5.16. The topological polar surface area (TPSA) is 73.4 Å². The smallest absolute Gasteiger partial charge is 0.253 e. The van der Waals surface area contributed by atoms with Gasteiger partial charge in [0, 0.05) is 61.7 Å². The zero-order valence-electron chi connectivity index (χ0n) is 15.1. The van der Waals surface area contributed by atoms with Crippen LogP contribution in [0.25, 0.3) is 6.08 Å². The van der Waals surface area contributed by atoms with E-state index >= 15 is 0 Å². The number of nitrogens with zero attached hydrogens (tertiary/aromatic N) is 4. The van der Waals surface area contributed by atoms with E-state index in [1.54, 1.807) is 0 Å². The number of likely N-dealkylation sites (tertiary alicyclic amines) is 1. The van der Waals surface area contributed by atoms with Gasteiger partial charge in [-0.2, -0.15) is 0 Å². The van der Waals surface area contributed by atoms with Gasteiger partial charge in [-0.1, -0.05) is 18.2 Å². The Morgan fingerprint density at radius 3 is 2.67 bits per heavy atom. The maximum atomic E-state index is 12.5. The Kier molecular flexibility index (Phi) is 3.82. The molecule has 138 valence electrons. The minimum atomic E-state index is 0.133. The number of rotatable bonds is 3. The molecule has 4 heterocycles. The first-order chi connectivity index (χ1) is 13.2. The number of aromatic nitrogens is 2. The van der Waals surface area contributed by atoms with Crippen molar-refractivity contribution in [2.24, 2.45) is 5.41 Å². The molecule has 0 unspecified atom stereocenters. The van der Waals surface area contributed by atoms with E-state index in [0.717, 1.165) is 62.3 Å². The van der Waals surface area contributed by atoms with Gasteiger partial charge < -0.3 is 15.1 Å².